The Hall–Kier alpha value is -2.48. The van der Waals surface area contributed by atoms with Crippen LogP contribution in [0.5, 0.6) is 5.75 Å². The Morgan fingerprint density at radius 2 is 1.76 bits per heavy atom. The third-order valence-corrected chi connectivity index (χ3v) is 8.48. The lowest BCUT2D eigenvalue weighted by Crippen LogP contribution is -2.42. The summed E-state index contributed by atoms with van der Waals surface area (Å²) in [6.07, 6.45) is 8.98. The smallest absolute Gasteiger partial charge is 0.234 e. The first kappa shape index (κ1) is 27.6. The zero-order valence-electron chi connectivity index (χ0n) is 21.8. The van der Waals surface area contributed by atoms with Crippen LogP contribution in [0.3, 0.4) is 0 Å². The lowest BCUT2D eigenvalue weighted by Gasteiger charge is -2.36. The fourth-order valence-electron chi connectivity index (χ4n) is 6.70. The molecule has 0 bridgehead atoms. The minimum absolute atomic E-state index is 0.0775. The summed E-state index contributed by atoms with van der Waals surface area (Å²) >= 11 is 0. The summed E-state index contributed by atoms with van der Waals surface area (Å²) in [5, 5.41) is 41.5. The van der Waals surface area contributed by atoms with Crippen molar-refractivity contribution in [2.75, 3.05) is 13.2 Å². The van der Waals surface area contributed by atoms with Crippen molar-refractivity contribution in [1.82, 2.24) is 4.90 Å². The molecule has 2 amide bonds. The molecule has 1 saturated carbocycles. The van der Waals surface area contributed by atoms with Gasteiger partial charge in [0.15, 0.2) is 0 Å². The van der Waals surface area contributed by atoms with E-state index in [1.54, 1.807) is 12.1 Å². The van der Waals surface area contributed by atoms with E-state index in [0.717, 1.165) is 56.1 Å². The zero-order chi connectivity index (χ0) is 26.5. The standard InChI is InChI=1S/C30H41NO6/c1-2-6-19(15-20-9-12-23(34)13-10-20)11-14-26(35)27-21(17-32)16-24-28(25(27)18-33)30(37)31(29(24)36)22-7-4-3-5-8-22/h9-10,12-13,15,22,24-26,28,32-35H,2-8,11,14,16-18H2,1H3/b19-15+/t24-,25+,26-,28-/m1/s1. The fraction of sp³-hybridized carbons (Fsp3) is 0.600. The van der Waals surface area contributed by atoms with Crippen LogP contribution in [0.15, 0.2) is 41.0 Å². The number of rotatable bonds is 10. The summed E-state index contributed by atoms with van der Waals surface area (Å²) in [6, 6.07) is 6.90. The summed E-state index contributed by atoms with van der Waals surface area (Å²) in [6.45, 7) is 1.44. The van der Waals surface area contributed by atoms with Crippen LogP contribution in [-0.4, -0.2) is 62.5 Å². The van der Waals surface area contributed by atoms with Crippen LogP contribution in [-0.2, 0) is 9.59 Å². The number of phenols is 1. The monoisotopic (exact) mass is 511 g/mol. The van der Waals surface area contributed by atoms with E-state index >= 15 is 0 Å². The van der Waals surface area contributed by atoms with E-state index in [4.69, 9.17) is 0 Å². The number of fused-ring (bicyclic) bond motifs is 1. The third kappa shape index (κ3) is 5.84. The van der Waals surface area contributed by atoms with E-state index in [-0.39, 0.29) is 43.2 Å². The van der Waals surface area contributed by atoms with Gasteiger partial charge >= 0.3 is 0 Å². The Labute approximate surface area is 219 Å². The zero-order valence-corrected chi connectivity index (χ0v) is 21.8. The Morgan fingerprint density at radius 1 is 1.05 bits per heavy atom. The summed E-state index contributed by atoms with van der Waals surface area (Å²) in [4.78, 5) is 28.4. The van der Waals surface area contributed by atoms with Gasteiger partial charge in [-0.15, -0.1) is 0 Å². The van der Waals surface area contributed by atoms with E-state index < -0.39 is 23.9 Å². The van der Waals surface area contributed by atoms with Gasteiger partial charge in [-0.1, -0.05) is 56.4 Å². The normalized spacial score (nSPS) is 26.1. The first-order valence-corrected chi connectivity index (χ1v) is 13.9. The number of benzene rings is 1. The highest BCUT2D eigenvalue weighted by atomic mass is 16.3. The molecule has 7 nitrogen and oxygen atoms in total. The van der Waals surface area contributed by atoms with Crippen molar-refractivity contribution >= 4 is 17.9 Å². The minimum Gasteiger partial charge on any atom is -0.508 e. The second-order valence-electron chi connectivity index (χ2n) is 10.9. The molecular formula is C30H41NO6. The Balaban J connectivity index is 1.54. The van der Waals surface area contributed by atoms with Gasteiger partial charge in [-0.2, -0.15) is 0 Å². The molecule has 0 aromatic heterocycles. The number of amides is 2. The SMILES string of the molecule is CCC/C(=C\c1ccc(O)cc1)CC[C@@H](O)C1=C(CO)C[C@H]2C(=O)N(C3CCCCC3)C(=O)[C@H]2[C@H]1CO. The molecule has 1 heterocycles. The molecule has 3 aliphatic rings. The predicted octanol–water partition coefficient (Wildman–Crippen LogP) is 3.95. The average molecular weight is 512 g/mol. The van der Waals surface area contributed by atoms with Gasteiger partial charge in [0.1, 0.15) is 5.75 Å². The van der Waals surface area contributed by atoms with Crippen molar-refractivity contribution in [3.63, 3.8) is 0 Å². The number of imide groups is 1. The van der Waals surface area contributed by atoms with Crippen LogP contribution in [0.25, 0.3) is 6.08 Å². The molecule has 37 heavy (non-hydrogen) atoms. The lowest BCUT2D eigenvalue weighted by molar-refractivity contribution is -0.143. The van der Waals surface area contributed by atoms with Crippen molar-refractivity contribution in [1.29, 1.82) is 0 Å². The molecule has 4 rings (SSSR count). The molecule has 7 heteroatoms. The maximum Gasteiger partial charge on any atom is 0.234 e. The van der Waals surface area contributed by atoms with Gasteiger partial charge in [-0.3, -0.25) is 14.5 Å². The number of carbonyl (C=O) groups is 2. The number of likely N-dealkylation sites (tertiary alicyclic amines) is 1. The molecule has 1 aliphatic heterocycles. The van der Waals surface area contributed by atoms with Crippen LogP contribution in [0.4, 0.5) is 0 Å². The van der Waals surface area contributed by atoms with Crippen LogP contribution in [0, 0.1) is 17.8 Å². The van der Waals surface area contributed by atoms with E-state index in [0.29, 0.717) is 24.0 Å². The Bertz CT molecular complexity index is 1020. The molecule has 0 radical (unpaired) electrons. The maximum absolute atomic E-state index is 13.6. The molecule has 2 fully saturated rings. The lowest BCUT2D eigenvalue weighted by atomic mass is 9.68. The number of hydrogen-bond acceptors (Lipinski definition) is 6. The van der Waals surface area contributed by atoms with E-state index in [1.165, 1.54) is 4.90 Å². The molecular weight excluding hydrogens is 470 g/mol. The summed E-state index contributed by atoms with van der Waals surface area (Å²) in [7, 11) is 0. The molecule has 1 aromatic carbocycles. The highest BCUT2D eigenvalue weighted by molar-refractivity contribution is 6.06. The second-order valence-corrected chi connectivity index (χ2v) is 10.9. The summed E-state index contributed by atoms with van der Waals surface area (Å²) in [5.41, 5.74) is 3.25. The van der Waals surface area contributed by atoms with E-state index in [2.05, 4.69) is 13.0 Å². The van der Waals surface area contributed by atoms with Crippen molar-refractivity contribution in [3.8, 4) is 5.75 Å². The summed E-state index contributed by atoms with van der Waals surface area (Å²) < 4.78 is 0. The van der Waals surface area contributed by atoms with Crippen molar-refractivity contribution in [3.05, 3.63) is 46.5 Å². The number of carbonyl (C=O) groups excluding carboxylic acids is 2. The van der Waals surface area contributed by atoms with Gasteiger partial charge in [0.2, 0.25) is 11.8 Å². The third-order valence-electron chi connectivity index (χ3n) is 8.48. The molecule has 1 aromatic rings. The fourth-order valence-corrected chi connectivity index (χ4v) is 6.70. The average Bonchev–Trinajstić information content (AvgIpc) is 3.16. The maximum atomic E-state index is 13.6. The molecule has 4 N–H and O–H groups in total. The van der Waals surface area contributed by atoms with Gasteiger partial charge in [0, 0.05) is 12.0 Å². The van der Waals surface area contributed by atoms with E-state index in [9.17, 15) is 30.0 Å². The quantitative estimate of drug-likeness (QED) is 0.279. The van der Waals surface area contributed by atoms with Crippen molar-refractivity contribution < 1.29 is 30.0 Å². The van der Waals surface area contributed by atoms with Gasteiger partial charge < -0.3 is 20.4 Å². The van der Waals surface area contributed by atoms with E-state index in [1.807, 2.05) is 12.1 Å². The van der Waals surface area contributed by atoms with Crippen molar-refractivity contribution in [2.45, 2.75) is 83.3 Å². The topological polar surface area (TPSA) is 118 Å². The molecule has 0 unspecified atom stereocenters. The number of phenolic OH excluding ortho intramolecular Hbond substituents is 1. The van der Waals surface area contributed by atoms with Gasteiger partial charge in [-0.25, -0.2) is 0 Å². The van der Waals surface area contributed by atoms with Crippen LogP contribution in [0.2, 0.25) is 0 Å². The molecule has 2 aliphatic carbocycles. The molecule has 4 atom stereocenters. The minimum atomic E-state index is -0.924. The van der Waals surface area contributed by atoms with Gasteiger partial charge in [-0.05, 0) is 67.4 Å². The number of aromatic hydroxyl groups is 1. The number of aliphatic hydroxyl groups excluding tert-OH is 3. The highest BCUT2D eigenvalue weighted by Gasteiger charge is 2.56. The summed E-state index contributed by atoms with van der Waals surface area (Å²) in [5.74, 6) is -2.11. The van der Waals surface area contributed by atoms with Crippen LogP contribution >= 0.6 is 0 Å². The Kier molecular flexibility index (Phi) is 9.22. The second kappa shape index (κ2) is 12.4. The number of aliphatic hydroxyl groups is 3. The first-order valence-electron chi connectivity index (χ1n) is 13.9. The first-order chi connectivity index (χ1) is 17.9. The van der Waals surface area contributed by atoms with Gasteiger partial charge in [0.05, 0.1) is 31.2 Å². The highest BCUT2D eigenvalue weighted by Crippen LogP contribution is 2.47. The van der Waals surface area contributed by atoms with Gasteiger partial charge in [0.25, 0.3) is 0 Å². The number of nitrogens with zero attached hydrogens (tertiary/aromatic N) is 1. The predicted molar refractivity (Wildman–Crippen MR) is 141 cm³/mol. The molecule has 1 saturated heterocycles. The number of allylic oxidation sites excluding steroid dienone is 1. The van der Waals surface area contributed by atoms with Crippen LogP contribution < -0.4 is 0 Å². The number of hydrogen-bond donors (Lipinski definition) is 4. The van der Waals surface area contributed by atoms with Crippen molar-refractivity contribution in [2.24, 2.45) is 17.8 Å². The largest absolute Gasteiger partial charge is 0.508 e. The Morgan fingerprint density at radius 3 is 2.38 bits per heavy atom. The van der Waals surface area contributed by atoms with Crippen LogP contribution in [0.1, 0.15) is 76.7 Å². The molecule has 0 spiro atoms. The molecule has 202 valence electrons.